The summed E-state index contributed by atoms with van der Waals surface area (Å²) in [5, 5.41) is 12.8. The van der Waals surface area contributed by atoms with Gasteiger partial charge in [-0.05, 0) is 30.5 Å². The number of hydrogen-bond acceptors (Lipinski definition) is 2. The molecule has 0 aliphatic heterocycles. The van der Waals surface area contributed by atoms with E-state index in [0.29, 0.717) is 11.6 Å². The van der Waals surface area contributed by atoms with Gasteiger partial charge in [0.25, 0.3) is 0 Å². The Labute approximate surface area is 117 Å². The largest absolute Gasteiger partial charge is 0.416 e. The van der Waals surface area contributed by atoms with Gasteiger partial charge in [-0.1, -0.05) is 31.4 Å². The summed E-state index contributed by atoms with van der Waals surface area (Å²) in [5.41, 5.74) is 0.0432. The molecule has 1 saturated carbocycles. The van der Waals surface area contributed by atoms with Crippen LogP contribution in [0.2, 0.25) is 0 Å². The van der Waals surface area contributed by atoms with E-state index in [1.807, 2.05) is 0 Å². The Morgan fingerprint density at radius 3 is 2.20 bits per heavy atom. The van der Waals surface area contributed by atoms with Crippen molar-refractivity contribution in [1.82, 2.24) is 5.32 Å². The molecule has 2 nitrogen and oxygen atoms in total. The van der Waals surface area contributed by atoms with Crippen molar-refractivity contribution < 1.29 is 18.3 Å². The fourth-order valence-electron chi connectivity index (χ4n) is 2.71. The lowest BCUT2D eigenvalue weighted by Crippen LogP contribution is -2.36. The molecule has 1 aliphatic carbocycles. The minimum atomic E-state index is -4.32. The summed E-state index contributed by atoms with van der Waals surface area (Å²) in [7, 11) is 0. The maximum absolute atomic E-state index is 12.5. The first-order valence-electron chi connectivity index (χ1n) is 7.05. The molecule has 2 N–H and O–H groups in total. The molecule has 5 heteroatoms. The first-order chi connectivity index (χ1) is 9.50. The zero-order valence-corrected chi connectivity index (χ0v) is 11.3. The number of aliphatic hydroxyl groups is 1. The molecule has 1 aromatic rings. The fraction of sp³-hybridized carbons (Fsp3) is 0.600. The van der Waals surface area contributed by atoms with Gasteiger partial charge in [0.05, 0.1) is 18.2 Å². The second kappa shape index (κ2) is 6.59. The van der Waals surface area contributed by atoms with Crippen LogP contribution >= 0.6 is 0 Å². The first-order valence-corrected chi connectivity index (χ1v) is 7.05. The highest BCUT2D eigenvalue weighted by molar-refractivity contribution is 5.27. The van der Waals surface area contributed by atoms with E-state index in [0.717, 1.165) is 25.0 Å². The summed E-state index contributed by atoms with van der Waals surface area (Å²) in [5.74, 6) is 0. The Morgan fingerprint density at radius 1 is 1.10 bits per heavy atom. The van der Waals surface area contributed by atoms with E-state index in [2.05, 4.69) is 5.32 Å². The van der Waals surface area contributed by atoms with Crippen LogP contribution in [0.3, 0.4) is 0 Å². The van der Waals surface area contributed by atoms with E-state index in [-0.39, 0.29) is 12.6 Å². The van der Waals surface area contributed by atoms with E-state index in [1.165, 1.54) is 31.4 Å². The van der Waals surface area contributed by atoms with Crippen molar-refractivity contribution in [3.8, 4) is 0 Å². The highest BCUT2D eigenvalue weighted by Gasteiger charge is 2.30. The quantitative estimate of drug-likeness (QED) is 0.885. The van der Waals surface area contributed by atoms with Gasteiger partial charge in [-0.25, -0.2) is 0 Å². The standard InChI is InChI=1S/C15H20F3NO/c16-15(17,18)12-8-6-11(7-9-12)14(10-20)19-13-4-2-1-3-5-13/h6-9,13-14,19-20H,1-5,10H2. The third-order valence-electron chi connectivity index (χ3n) is 3.87. The van der Waals surface area contributed by atoms with E-state index in [4.69, 9.17) is 0 Å². The Bertz CT molecular complexity index is 410. The van der Waals surface area contributed by atoms with Crippen LogP contribution in [0.4, 0.5) is 13.2 Å². The van der Waals surface area contributed by atoms with Gasteiger partial charge in [-0.3, -0.25) is 0 Å². The Hall–Kier alpha value is -1.07. The van der Waals surface area contributed by atoms with Crippen molar-refractivity contribution in [2.75, 3.05) is 6.61 Å². The number of rotatable bonds is 4. The summed E-state index contributed by atoms with van der Waals surface area (Å²) in [6.07, 6.45) is 1.40. The van der Waals surface area contributed by atoms with Crippen molar-refractivity contribution in [3.63, 3.8) is 0 Å². The van der Waals surface area contributed by atoms with Gasteiger partial charge in [0.2, 0.25) is 0 Å². The van der Waals surface area contributed by atoms with Crippen molar-refractivity contribution in [3.05, 3.63) is 35.4 Å². The van der Waals surface area contributed by atoms with Gasteiger partial charge in [-0.15, -0.1) is 0 Å². The Kier molecular flexibility index (Phi) is 5.05. The average molecular weight is 287 g/mol. The maximum atomic E-state index is 12.5. The molecule has 0 amide bonds. The Balaban J connectivity index is 2.03. The molecular formula is C15H20F3NO. The summed E-state index contributed by atoms with van der Waals surface area (Å²) in [6.45, 7) is -0.109. The van der Waals surface area contributed by atoms with Crippen molar-refractivity contribution in [2.45, 2.75) is 50.4 Å². The summed E-state index contributed by atoms with van der Waals surface area (Å²) in [4.78, 5) is 0. The van der Waals surface area contributed by atoms with E-state index >= 15 is 0 Å². The number of nitrogens with one attached hydrogen (secondary N) is 1. The molecule has 0 bridgehead atoms. The molecule has 0 saturated heterocycles. The van der Waals surface area contributed by atoms with Crippen LogP contribution in [-0.2, 0) is 6.18 Å². The van der Waals surface area contributed by atoms with Gasteiger partial charge in [-0.2, -0.15) is 13.2 Å². The topological polar surface area (TPSA) is 32.3 Å². The zero-order valence-electron chi connectivity index (χ0n) is 11.3. The SMILES string of the molecule is OCC(NC1CCCCC1)c1ccc(C(F)(F)F)cc1. The number of hydrogen-bond donors (Lipinski definition) is 2. The summed E-state index contributed by atoms with van der Waals surface area (Å²) >= 11 is 0. The van der Waals surface area contributed by atoms with Crippen LogP contribution in [0.25, 0.3) is 0 Å². The van der Waals surface area contributed by atoms with Crippen molar-refractivity contribution in [1.29, 1.82) is 0 Å². The van der Waals surface area contributed by atoms with E-state index in [1.54, 1.807) is 0 Å². The van der Waals surface area contributed by atoms with E-state index in [9.17, 15) is 18.3 Å². The third-order valence-corrected chi connectivity index (χ3v) is 3.87. The second-order valence-electron chi connectivity index (χ2n) is 5.36. The van der Waals surface area contributed by atoms with E-state index < -0.39 is 11.7 Å². The number of halogens is 3. The number of aliphatic hydroxyl groups excluding tert-OH is 1. The van der Waals surface area contributed by atoms with Crippen molar-refractivity contribution in [2.24, 2.45) is 0 Å². The lowest BCUT2D eigenvalue weighted by Gasteiger charge is -2.28. The van der Waals surface area contributed by atoms with Crippen LogP contribution in [-0.4, -0.2) is 17.8 Å². The third kappa shape index (κ3) is 3.96. The minimum Gasteiger partial charge on any atom is -0.394 e. The number of alkyl halides is 3. The van der Waals surface area contributed by atoms with Gasteiger partial charge in [0, 0.05) is 6.04 Å². The van der Waals surface area contributed by atoms with Gasteiger partial charge < -0.3 is 10.4 Å². The zero-order chi connectivity index (χ0) is 14.6. The number of benzene rings is 1. The first kappa shape index (κ1) is 15.3. The molecule has 0 aromatic heterocycles. The van der Waals surface area contributed by atoms with Gasteiger partial charge in [0.15, 0.2) is 0 Å². The minimum absolute atomic E-state index is 0.109. The molecule has 0 spiro atoms. The normalized spacial score (nSPS) is 19.0. The summed E-state index contributed by atoms with van der Waals surface area (Å²) < 4.78 is 37.5. The predicted octanol–water partition coefficient (Wildman–Crippen LogP) is 3.66. The molecule has 1 aromatic carbocycles. The average Bonchev–Trinajstić information content (AvgIpc) is 2.45. The second-order valence-corrected chi connectivity index (χ2v) is 5.36. The highest BCUT2D eigenvalue weighted by atomic mass is 19.4. The molecule has 0 radical (unpaired) electrons. The van der Waals surface area contributed by atoms with Gasteiger partial charge >= 0.3 is 6.18 Å². The van der Waals surface area contributed by atoms with Crippen LogP contribution in [0, 0.1) is 0 Å². The Morgan fingerprint density at radius 2 is 1.70 bits per heavy atom. The lowest BCUT2D eigenvalue weighted by atomic mass is 9.94. The molecular weight excluding hydrogens is 267 g/mol. The van der Waals surface area contributed by atoms with Crippen LogP contribution < -0.4 is 5.32 Å². The maximum Gasteiger partial charge on any atom is 0.416 e. The molecule has 1 unspecified atom stereocenters. The molecule has 112 valence electrons. The smallest absolute Gasteiger partial charge is 0.394 e. The molecule has 1 fully saturated rings. The van der Waals surface area contributed by atoms with Crippen LogP contribution in [0.5, 0.6) is 0 Å². The van der Waals surface area contributed by atoms with Crippen LogP contribution in [0.1, 0.15) is 49.3 Å². The monoisotopic (exact) mass is 287 g/mol. The van der Waals surface area contributed by atoms with Gasteiger partial charge in [0.1, 0.15) is 0 Å². The molecule has 20 heavy (non-hydrogen) atoms. The molecule has 1 atom stereocenters. The molecule has 1 aliphatic rings. The highest BCUT2D eigenvalue weighted by Crippen LogP contribution is 2.30. The fourth-order valence-corrected chi connectivity index (χ4v) is 2.71. The predicted molar refractivity (Wildman–Crippen MR) is 71.3 cm³/mol. The lowest BCUT2D eigenvalue weighted by molar-refractivity contribution is -0.137. The molecule has 0 heterocycles. The van der Waals surface area contributed by atoms with Crippen LogP contribution in [0.15, 0.2) is 24.3 Å². The van der Waals surface area contributed by atoms with Crippen molar-refractivity contribution >= 4 is 0 Å². The summed E-state index contributed by atoms with van der Waals surface area (Å²) in [6, 6.07) is 5.09. The molecule has 2 rings (SSSR count).